The van der Waals surface area contributed by atoms with Gasteiger partial charge in [0.2, 0.25) is 0 Å². The van der Waals surface area contributed by atoms with Crippen molar-refractivity contribution in [2.75, 3.05) is 26.8 Å². The maximum Gasteiger partial charge on any atom is 0.0480 e. The van der Waals surface area contributed by atoms with Crippen LogP contribution in [0.25, 0.3) is 0 Å². The highest BCUT2D eigenvalue weighted by atomic mass is 16.5. The van der Waals surface area contributed by atoms with Crippen LogP contribution in [0.1, 0.15) is 26.7 Å². The number of methoxy groups -OCH3 is 1. The van der Waals surface area contributed by atoms with Gasteiger partial charge in [-0.1, -0.05) is 0 Å². The molecule has 0 heterocycles. The Hall–Kier alpha value is -0.560. The van der Waals surface area contributed by atoms with Gasteiger partial charge in [0.1, 0.15) is 0 Å². The van der Waals surface area contributed by atoms with Crippen molar-refractivity contribution in [3.63, 3.8) is 0 Å². The Morgan fingerprint density at radius 3 is 2.71 bits per heavy atom. The van der Waals surface area contributed by atoms with E-state index in [1.165, 1.54) is 0 Å². The van der Waals surface area contributed by atoms with Crippen molar-refractivity contribution in [3.8, 4) is 11.8 Å². The second kappa shape index (κ2) is 7.81. The summed E-state index contributed by atoms with van der Waals surface area (Å²) in [5.74, 6) is 5.89. The van der Waals surface area contributed by atoms with Crippen LogP contribution in [0.2, 0.25) is 0 Å². The van der Waals surface area contributed by atoms with Gasteiger partial charge in [0, 0.05) is 38.8 Å². The lowest BCUT2D eigenvalue weighted by molar-refractivity contribution is 0.162. The zero-order valence-corrected chi connectivity index (χ0v) is 9.52. The summed E-state index contributed by atoms with van der Waals surface area (Å²) in [6.07, 6.45) is 1.80. The molecule has 0 aliphatic heterocycles. The summed E-state index contributed by atoms with van der Waals surface area (Å²) in [6, 6.07) is 0. The molecule has 3 heteroatoms. The quantitative estimate of drug-likeness (QED) is 0.468. The molecule has 0 rings (SSSR count). The third kappa shape index (κ3) is 5.98. The van der Waals surface area contributed by atoms with E-state index in [1.54, 1.807) is 7.11 Å². The van der Waals surface area contributed by atoms with Crippen molar-refractivity contribution in [1.82, 2.24) is 5.32 Å². The molecular weight excluding hydrogens is 176 g/mol. The van der Waals surface area contributed by atoms with Crippen LogP contribution >= 0.6 is 0 Å². The van der Waals surface area contributed by atoms with Crippen LogP contribution in [0.5, 0.6) is 0 Å². The Kier molecular flexibility index (Phi) is 7.50. The summed E-state index contributed by atoms with van der Waals surface area (Å²) < 4.78 is 5.04. The Bertz CT molecular complexity index is 195. The molecule has 3 N–H and O–H groups in total. The van der Waals surface area contributed by atoms with Gasteiger partial charge in [-0.3, -0.25) is 0 Å². The van der Waals surface area contributed by atoms with Crippen LogP contribution in [0.15, 0.2) is 0 Å². The maximum atomic E-state index is 5.71. The van der Waals surface area contributed by atoms with Crippen LogP contribution < -0.4 is 11.1 Å². The normalized spacial score (nSPS) is 14.3. The zero-order chi connectivity index (χ0) is 10.9. The minimum Gasteiger partial charge on any atom is -0.385 e. The van der Waals surface area contributed by atoms with Crippen molar-refractivity contribution in [3.05, 3.63) is 0 Å². The summed E-state index contributed by atoms with van der Waals surface area (Å²) in [4.78, 5) is 0. The van der Waals surface area contributed by atoms with E-state index >= 15 is 0 Å². The Labute approximate surface area is 87.4 Å². The van der Waals surface area contributed by atoms with Gasteiger partial charge >= 0.3 is 0 Å². The number of rotatable bonds is 7. The van der Waals surface area contributed by atoms with E-state index in [-0.39, 0.29) is 5.54 Å². The number of ether oxygens (including phenoxy) is 1. The second-order valence-electron chi connectivity index (χ2n) is 3.61. The summed E-state index contributed by atoms with van der Waals surface area (Å²) in [6.45, 7) is 6.22. The number of nitrogens with one attached hydrogen (secondary N) is 1. The minimum atomic E-state index is -0.0224. The van der Waals surface area contributed by atoms with Crippen molar-refractivity contribution in [2.45, 2.75) is 32.2 Å². The first kappa shape index (κ1) is 13.4. The average molecular weight is 198 g/mol. The number of hydrogen-bond donors (Lipinski definition) is 2. The Morgan fingerprint density at radius 1 is 1.50 bits per heavy atom. The van der Waals surface area contributed by atoms with Gasteiger partial charge < -0.3 is 15.8 Å². The van der Waals surface area contributed by atoms with Gasteiger partial charge in [0.25, 0.3) is 0 Å². The summed E-state index contributed by atoms with van der Waals surface area (Å²) in [7, 11) is 1.71. The van der Waals surface area contributed by atoms with Gasteiger partial charge in [-0.25, -0.2) is 0 Å². The zero-order valence-electron chi connectivity index (χ0n) is 9.52. The second-order valence-corrected chi connectivity index (χ2v) is 3.61. The van der Waals surface area contributed by atoms with Crippen LogP contribution in [0.3, 0.4) is 0 Å². The predicted molar refractivity (Wildman–Crippen MR) is 60.0 cm³/mol. The molecule has 1 atom stereocenters. The standard InChI is InChI=1S/C11H22N2O/c1-4-5-6-8-13-11(2,10-12)7-9-14-3/h13H,6-10,12H2,1-3H3. The first-order valence-electron chi connectivity index (χ1n) is 5.02. The summed E-state index contributed by atoms with van der Waals surface area (Å²) >= 11 is 0. The Balaban J connectivity index is 3.77. The molecule has 3 nitrogen and oxygen atoms in total. The first-order chi connectivity index (χ1) is 6.68. The molecule has 0 aliphatic rings. The Morgan fingerprint density at radius 2 is 2.21 bits per heavy atom. The monoisotopic (exact) mass is 198 g/mol. The topological polar surface area (TPSA) is 47.3 Å². The molecule has 0 saturated carbocycles. The van der Waals surface area contributed by atoms with Crippen molar-refractivity contribution >= 4 is 0 Å². The van der Waals surface area contributed by atoms with Crippen LogP contribution in [-0.4, -0.2) is 32.3 Å². The molecule has 1 unspecified atom stereocenters. The molecule has 0 aromatic rings. The van der Waals surface area contributed by atoms with E-state index in [0.717, 1.165) is 26.0 Å². The molecular formula is C11H22N2O. The maximum absolute atomic E-state index is 5.71. The summed E-state index contributed by atoms with van der Waals surface area (Å²) in [5.41, 5.74) is 5.69. The molecule has 0 amide bonds. The highest BCUT2D eigenvalue weighted by Crippen LogP contribution is 2.07. The smallest absolute Gasteiger partial charge is 0.0480 e. The molecule has 0 aliphatic carbocycles. The fraction of sp³-hybridized carbons (Fsp3) is 0.818. The third-order valence-corrected chi connectivity index (χ3v) is 2.29. The van der Waals surface area contributed by atoms with Gasteiger partial charge in [-0.15, -0.1) is 11.8 Å². The number of nitrogens with two attached hydrogens (primary N) is 1. The molecule has 0 spiro atoms. The largest absolute Gasteiger partial charge is 0.385 e. The summed E-state index contributed by atoms with van der Waals surface area (Å²) in [5, 5.41) is 3.41. The first-order valence-corrected chi connectivity index (χ1v) is 5.02. The molecule has 0 fully saturated rings. The molecule has 0 aromatic carbocycles. The van der Waals surface area contributed by atoms with E-state index < -0.39 is 0 Å². The lowest BCUT2D eigenvalue weighted by Crippen LogP contribution is -2.49. The van der Waals surface area contributed by atoms with Gasteiger partial charge in [0.05, 0.1) is 0 Å². The van der Waals surface area contributed by atoms with Crippen molar-refractivity contribution < 1.29 is 4.74 Å². The molecule has 0 aromatic heterocycles. The third-order valence-electron chi connectivity index (χ3n) is 2.29. The highest BCUT2D eigenvalue weighted by molar-refractivity contribution is 4.96. The van der Waals surface area contributed by atoms with Gasteiger partial charge in [0.15, 0.2) is 0 Å². The SMILES string of the molecule is CC#CCCNC(C)(CN)CCOC. The predicted octanol–water partition coefficient (Wildman–Crippen LogP) is 0.743. The van der Waals surface area contributed by atoms with Crippen LogP contribution in [0, 0.1) is 11.8 Å². The van der Waals surface area contributed by atoms with Gasteiger partial charge in [-0.2, -0.15) is 0 Å². The van der Waals surface area contributed by atoms with E-state index in [1.807, 2.05) is 6.92 Å². The highest BCUT2D eigenvalue weighted by Gasteiger charge is 2.20. The van der Waals surface area contributed by atoms with E-state index in [4.69, 9.17) is 10.5 Å². The molecule has 82 valence electrons. The molecule has 0 radical (unpaired) electrons. The van der Waals surface area contributed by atoms with E-state index in [2.05, 4.69) is 24.1 Å². The van der Waals surface area contributed by atoms with Crippen LogP contribution in [0.4, 0.5) is 0 Å². The molecule has 0 saturated heterocycles. The molecule has 14 heavy (non-hydrogen) atoms. The molecule has 0 bridgehead atoms. The fourth-order valence-corrected chi connectivity index (χ4v) is 1.14. The fourth-order valence-electron chi connectivity index (χ4n) is 1.14. The van der Waals surface area contributed by atoms with Crippen molar-refractivity contribution in [2.24, 2.45) is 5.73 Å². The minimum absolute atomic E-state index is 0.0224. The lowest BCUT2D eigenvalue weighted by atomic mass is 9.98. The lowest BCUT2D eigenvalue weighted by Gasteiger charge is -2.29. The van der Waals surface area contributed by atoms with Gasteiger partial charge in [-0.05, 0) is 20.3 Å². The van der Waals surface area contributed by atoms with Crippen LogP contribution in [-0.2, 0) is 4.74 Å². The number of hydrogen-bond acceptors (Lipinski definition) is 3. The average Bonchev–Trinajstić information content (AvgIpc) is 2.22. The van der Waals surface area contributed by atoms with Crippen molar-refractivity contribution in [1.29, 1.82) is 0 Å². The van der Waals surface area contributed by atoms with E-state index in [0.29, 0.717) is 6.54 Å². The van der Waals surface area contributed by atoms with E-state index in [9.17, 15) is 0 Å².